The Hall–Kier alpha value is -0.580. The minimum absolute atomic E-state index is 0.154. The van der Waals surface area contributed by atoms with Crippen LogP contribution >= 0.6 is 11.6 Å². The molecule has 1 rings (SSSR count). The lowest BCUT2D eigenvalue weighted by Gasteiger charge is -2.05. The highest BCUT2D eigenvalue weighted by molar-refractivity contribution is 7.85. The molecule has 0 saturated carbocycles. The van der Waals surface area contributed by atoms with E-state index in [2.05, 4.69) is 0 Å². The van der Waals surface area contributed by atoms with Crippen molar-refractivity contribution in [1.29, 1.82) is 0 Å². The number of anilines is 1. The number of ether oxygens (including phenoxy) is 1. The molecule has 78 valence electrons. The highest BCUT2D eigenvalue weighted by Gasteiger charge is 2.08. The van der Waals surface area contributed by atoms with Crippen molar-refractivity contribution < 1.29 is 8.95 Å². The van der Waals surface area contributed by atoms with Crippen LogP contribution in [0.5, 0.6) is 0 Å². The number of benzene rings is 1. The van der Waals surface area contributed by atoms with Gasteiger partial charge in [-0.3, -0.25) is 4.21 Å². The van der Waals surface area contributed by atoms with E-state index in [-0.39, 0.29) is 5.94 Å². The molecule has 1 unspecified atom stereocenters. The Morgan fingerprint density at radius 2 is 2.29 bits per heavy atom. The molecule has 0 aromatic heterocycles. The largest absolute Gasteiger partial charge is 0.398 e. The summed E-state index contributed by atoms with van der Waals surface area (Å²) in [4.78, 5) is 0.533. The van der Waals surface area contributed by atoms with Crippen molar-refractivity contribution in [2.24, 2.45) is 0 Å². The molecule has 5 heteroatoms. The first-order valence-electron chi connectivity index (χ1n) is 4.16. The molecule has 0 bridgehead atoms. The molecular weight excluding hydrogens is 222 g/mol. The Morgan fingerprint density at radius 1 is 1.57 bits per heavy atom. The van der Waals surface area contributed by atoms with E-state index in [4.69, 9.17) is 22.1 Å². The standard InChI is InChI=1S/C9H12ClNO2S/c1-2-13-6-14(12)9-5-7(10)3-4-8(9)11/h3-5H,2,6,11H2,1H3. The first kappa shape index (κ1) is 11.5. The van der Waals surface area contributed by atoms with Gasteiger partial charge in [-0.25, -0.2) is 0 Å². The summed E-state index contributed by atoms with van der Waals surface area (Å²) >= 11 is 5.76. The van der Waals surface area contributed by atoms with Crippen molar-refractivity contribution in [3.8, 4) is 0 Å². The average Bonchev–Trinajstić information content (AvgIpc) is 2.18. The lowest BCUT2D eigenvalue weighted by Crippen LogP contribution is -2.05. The zero-order valence-corrected chi connectivity index (χ0v) is 9.40. The van der Waals surface area contributed by atoms with Gasteiger partial charge in [-0.15, -0.1) is 0 Å². The minimum atomic E-state index is -1.24. The molecule has 0 saturated heterocycles. The van der Waals surface area contributed by atoms with Gasteiger partial charge in [0.2, 0.25) is 0 Å². The van der Waals surface area contributed by atoms with Crippen molar-refractivity contribution in [2.75, 3.05) is 18.3 Å². The Balaban J connectivity index is 2.83. The van der Waals surface area contributed by atoms with Gasteiger partial charge in [0.05, 0.1) is 15.7 Å². The smallest absolute Gasteiger partial charge is 0.126 e. The minimum Gasteiger partial charge on any atom is -0.398 e. The molecule has 0 fully saturated rings. The number of halogens is 1. The maximum absolute atomic E-state index is 11.6. The predicted octanol–water partition coefficient (Wildman–Crippen LogP) is 2.02. The SMILES string of the molecule is CCOCS(=O)c1cc(Cl)ccc1N. The number of nitrogens with two attached hydrogens (primary N) is 1. The van der Waals surface area contributed by atoms with Gasteiger partial charge >= 0.3 is 0 Å². The number of hydrogen-bond acceptors (Lipinski definition) is 3. The van der Waals surface area contributed by atoms with Gasteiger partial charge in [0.25, 0.3) is 0 Å². The van der Waals surface area contributed by atoms with E-state index in [0.717, 1.165) is 0 Å². The summed E-state index contributed by atoms with van der Waals surface area (Å²) in [7, 11) is -1.24. The van der Waals surface area contributed by atoms with Crippen molar-refractivity contribution >= 4 is 28.1 Å². The molecule has 1 atom stereocenters. The van der Waals surface area contributed by atoms with E-state index in [1.807, 2.05) is 6.92 Å². The third-order valence-electron chi connectivity index (χ3n) is 1.62. The Labute approximate surface area is 90.7 Å². The molecule has 1 aromatic carbocycles. The molecule has 0 radical (unpaired) electrons. The molecule has 0 aliphatic rings. The molecule has 2 N–H and O–H groups in total. The van der Waals surface area contributed by atoms with Crippen LogP contribution in [-0.2, 0) is 15.5 Å². The summed E-state index contributed by atoms with van der Waals surface area (Å²) in [5.41, 5.74) is 6.13. The third-order valence-corrected chi connectivity index (χ3v) is 3.08. The van der Waals surface area contributed by atoms with Gasteiger partial charge in [-0.2, -0.15) is 0 Å². The fraction of sp³-hybridized carbons (Fsp3) is 0.333. The van der Waals surface area contributed by atoms with Gasteiger partial charge in [0.15, 0.2) is 0 Å². The fourth-order valence-corrected chi connectivity index (χ4v) is 2.20. The summed E-state index contributed by atoms with van der Waals surface area (Å²) in [6.45, 7) is 2.38. The van der Waals surface area contributed by atoms with Crippen molar-refractivity contribution in [1.82, 2.24) is 0 Å². The van der Waals surface area contributed by atoms with Crippen LogP contribution in [0.3, 0.4) is 0 Å². The third kappa shape index (κ3) is 2.97. The van der Waals surface area contributed by atoms with Crippen LogP contribution in [0.2, 0.25) is 5.02 Å². The Bertz CT molecular complexity index is 344. The molecule has 14 heavy (non-hydrogen) atoms. The first-order chi connectivity index (χ1) is 6.65. The number of rotatable bonds is 4. The Kier molecular flexibility index (Phi) is 4.38. The van der Waals surface area contributed by atoms with Crippen LogP contribution in [0, 0.1) is 0 Å². The van der Waals surface area contributed by atoms with E-state index in [1.54, 1.807) is 18.2 Å². The summed E-state index contributed by atoms with van der Waals surface area (Å²) in [6, 6.07) is 4.91. The highest BCUT2D eigenvalue weighted by atomic mass is 35.5. The topological polar surface area (TPSA) is 52.3 Å². The van der Waals surface area contributed by atoms with E-state index in [1.165, 1.54) is 0 Å². The second-order valence-electron chi connectivity index (χ2n) is 2.64. The molecule has 0 aliphatic heterocycles. The van der Waals surface area contributed by atoms with Crippen molar-refractivity contribution in [2.45, 2.75) is 11.8 Å². The highest BCUT2D eigenvalue weighted by Crippen LogP contribution is 2.21. The van der Waals surface area contributed by atoms with Crippen molar-refractivity contribution in [3.05, 3.63) is 23.2 Å². The summed E-state index contributed by atoms with van der Waals surface area (Å²) in [5, 5.41) is 0.527. The van der Waals surface area contributed by atoms with E-state index >= 15 is 0 Å². The summed E-state index contributed by atoms with van der Waals surface area (Å²) in [6.07, 6.45) is 0. The van der Waals surface area contributed by atoms with Crippen LogP contribution < -0.4 is 5.73 Å². The van der Waals surface area contributed by atoms with Gasteiger partial charge < -0.3 is 10.5 Å². The quantitative estimate of drug-likeness (QED) is 0.810. The molecule has 0 aliphatic carbocycles. The Morgan fingerprint density at radius 3 is 2.93 bits per heavy atom. The lowest BCUT2D eigenvalue weighted by atomic mass is 10.3. The maximum Gasteiger partial charge on any atom is 0.126 e. The van der Waals surface area contributed by atoms with Gasteiger partial charge in [0.1, 0.15) is 5.94 Å². The van der Waals surface area contributed by atoms with E-state index in [0.29, 0.717) is 22.2 Å². The zero-order valence-electron chi connectivity index (χ0n) is 7.83. The van der Waals surface area contributed by atoms with Crippen LogP contribution in [-0.4, -0.2) is 16.8 Å². The van der Waals surface area contributed by atoms with Crippen LogP contribution in [0.1, 0.15) is 6.92 Å². The molecule has 0 amide bonds. The molecule has 0 spiro atoms. The van der Waals surface area contributed by atoms with Crippen LogP contribution in [0.4, 0.5) is 5.69 Å². The molecular formula is C9H12ClNO2S. The van der Waals surface area contributed by atoms with Gasteiger partial charge in [0, 0.05) is 17.3 Å². The second kappa shape index (κ2) is 5.34. The molecule has 3 nitrogen and oxygen atoms in total. The maximum atomic E-state index is 11.6. The van der Waals surface area contributed by atoms with Gasteiger partial charge in [-0.05, 0) is 25.1 Å². The monoisotopic (exact) mass is 233 g/mol. The van der Waals surface area contributed by atoms with E-state index in [9.17, 15) is 4.21 Å². The first-order valence-corrected chi connectivity index (χ1v) is 5.86. The average molecular weight is 234 g/mol. The lowest BCUT2D eigenvalue weighted by molar-refractivity contribution is 0.196. The van der Waals surface area contributed by atoms with Crippen molar-refractivity contribution in [3.63, 3.8) is 0 Å². The number of nitrogen functional groups attached to an aromatic ring is 1. The summed E-state index contributed by atoms with van der Waals surface area (Å²) in [5.74, 6) is 0.154. The fourth-order valence-electron chi connectivity index (χ4n) is 0.928. The summed E-state index contributed by atoms with van der Waals surface area (Å²) < 4.78 is 16.7. The number of hydrogen-bond donors (Lipinski definition) is 1. The zero-order chi connectivity index (χ0) is 10.6. The normalized spacial score (nSPS) is 12.7. The van der Waals surface area contributed by atoms with Crippen LogP contribution in [0.15, 0.2) is 23.1 Å². The van der Waals surface area contributed by atoms with Gasteiger partial charge in [-0.1, -0.05) is 11.6 Å². The second-order valence-corrected chi connectivity index (χ2v) is 4.44. The van der Waals surface area contributed by atoms with Crippen LogP contribution in [0.25, 0.3) is 0 Å². The molecule has 0 heterocycles. The van der Waals surface area contributed by atoms with E-state index < -0.39 is 10.8 Å². The molecule has 1 aromatic rings. The predicted molar refractivity (Wildman–Crippen MR) is 58.8 cm³/mol.